The highest BCUT2D eigenvalue weighted by atomic mass is 32.2. The van der Waals surface area contributed by atoms with Crippen molar-refractivity contribution in [1.82, 2.24) is 9.88 Å². The number of hydrogen-bond acceptors (Lipinski definition) is 6. The number of nitrogens with one attached hydrogen (secondary N) is 2. The smallest absolute Gasteiger partial charge is 0.250 e. The van der Waals surface area contributed by atoms with Gasteiger partial charge in [-0.2, -0.15) is 0 Å². The molecule has 0 aliphatic rings. The van der Waals surface area contributed by atoms with Crippen LogP contribution in [0.4, 0.5) is 5.69 Å². The minimum Gasteiger partial charge on any atom is -0.354 e. The van der Waals surface area contributed by atoms with Gasteiger partial charge in [-0.3, -0.25) is 4.79 Å². The lowest BCUT2D eigenvalue weighted by atomic mass is 10.2. The Morgan fingerprint density at radius 2 is 1.93 bits per heavy atom. The zero-order valence-electron chi connectivity index (χ0n) is 16.0. The van der Waals surface area contributed by atoms with Crippen LogP contribution in [0.5, 0.6) is 0 Å². The van der Waals surface area contributed by atoms with Gasteiger partial charge in [0.25, 0.3) is 0 Å². The molecule has 0 unspecified atom stereocenters. The van der Waals surface area contributed by atoms with Gasteiger partial charge in [0.1, 0.15) is 15.6 Å². The summed E-state index contributed by atoms with van der Waals surface area (Å²) < 4.78 is 33.1. The van der Waals surface area contributed by atoms with Gasteiger partial charge in [0.05, 0.1) is 0 Å². The molecule has 7 nitrogen and oxygen atoms in total. The van der Waals surface area contributed by atoms with Gasteiger partial charge in [-0.05, 0) is 43.2 Å². The number of rotatable bonds is 8. The molecular weight excluding hydrogens is 410 g/mol. The molecule has 0 saturated carbocycles. The molecule has 3 aromatic rings. The van der Waals surface area contributed by atoms with E-state index in [4.69, 9.17) is 4.52 Å². The van der Waals surface area contributed by atoms with Crippen molar-refractivity contribution >= 4 is 45.1 Å². The van der Waals surface area contributed by atoms with Gasteiger partial charge in [-0.25, -0.2) is 13.1 Å². The summed E-state index contributed by atoms with van der Waals surface area (Å²) in [5.74, 6) is 0.175. The molecule has 29 heavy (non-hydrogen) atoms. The normalized spacial score (nSPS) is 11.8. The Hall–Kier alpha value is -2.75. The second-order valence-electron chi connectivity index (χ2n) is 6.31. The van der Waals surface area contributed by atoms with Crippen molar-refractivity contribution in [1.29, 1.82) is 0 Å². The van der Waals surface area contributed by atoms with Crippen molar-refractivity contribution < 1.29 is 17.7 Å². The van der Waals surface area contributed by atoms with Crippen molar-refractivity contribution in [3.63, 3.8) is 0 Å². The van der Waals surface area contributed by atoms with E-state index in [-0.39, 0.29) is 10.1 Å². The Labute approximate surface area is 173 Å². The number of sulfonamides is 1. The number of hydrogen-bond donors (Lipinski definition) is 2. The lowest BCUT2D eigenvalue weighted by molar-refractivity contribution is -0.114. The van der Waals surface area contributed by atoms with E-state index in [1.165, 1.54) is 6.92 Å². The van der Waals surface area contributed by atoms with Crippen LogP contribution in [0.15, 0.2) is 51.2 Å². The molecule has 0 spiro atoms. The second-order valence-corrected chi connectivity index (χ2v) is 9.42. The van der Waals surface area contributed by atoms with Crippen molar-refractivity contribution in [3.05, 3.63) is 64.4 Å². The molecular formula is C20H21N3O4S2. The zero-order valence-corrected chi connectivity index (χ0v) is 17.6. The third-order valence-corrected chi connectivity index (χ3v) is 7.01. The van der Waals surface area contributed by atoms with E-state index in [2.05, 4.69) is 15.2 Å². The van der Waals surface area contributed by atoms with Crippen LogP contribution in [0.1, 0.15) is 28.8 Å². The number of thiophene rings is 1. The predicted octanol–water partition coefficient (Wildman–Crippen LogP) is 3.69. The topological polar surface area (TPSA) is 101 Å². The van der Waals surface area contributed by atoms with Gasteiger partial charge in [-0.1, -0.05) is 35.5 Å². The van der Waals surface area contributed by atoms with E-state index in [0.717, 1.165) is 21.8 Å². The van der Waals surface area contributed by atoms with Gasteiger partial charge in [0.15, 0.2) is 5.76 Å². The van der Waals surface area contributed by atoms with E-state index in [1.807, 2.05) is 30.3 Å². The molecule has 0 bridgehead atoms. The van der Waals surface area contributed by atoms with Crippen LogP contribution in [0.2, 0.25) is 0 Å². The van der Waals surface area contributed by atoms with E-state index in [1.54, 1.807) is 31.2 Å². The first-order valence-corrected chi connectivity index (χ1v) is 11.2. The number of nitrogens with zero attached hydrogens (tertiary/aromatic N) is 1. The molecule has 0 fully saturated rings. The monoisotopic (exact) mass is 431 g/mol. The van der Waals surface area contributed by atoms with Crippen LogP contribution >= 0.6 is 11.3 Å². The number of carbonyl (C=O) groups excluding carboxylic acids is 1. The SMILES string of the molecule is CC(=O)Nc1c(C)noc1/C=C/c1ccc(S(=O)(=O)NCCc2ccccc2)s1. The largest absolute Gasteiger partial charge is 0.354 e. The van der Waals surface area contributed by atoms with Gasteiger partial charge in [0.2, 0.25) is 15.9 Å². The average Bonchev–Trinajstić information content (AvgIpc) is 3.29. The quantitative estimate of drug-likeness (QED) is 0.566. The van der Waals surface area contributed by atoms with Crippen molar-refractivity contribution in [2.45, 2.75) is 24.5 Å². The van der Waals surface area contributed by atoms with Crippen molar-refractivity contribution in [2.24, 2.45) is 0 Å². The van der Waals surface area contributed by atoms with E-state index >= 15 is 0 Å². The molecule has 2 aromatic heterocycles. The number of aryl methyl sites for hydroxylation is 1. The minimum absolute atomic E-state index is 0.225. The Balaban J connectivity index is 1.65. The van der Waals surface area contributed by atoms with E-state index in [0.29, 0.717) is 30.1 Å². The Morgan fingerprint density at radius 1 is 1.17 bits per heavy atom. The van der Waals surface area contributed by atoms with Crippen molar-refractivity contribution in [3.8, 4) is 0 Å². The molecule has 0 aliphatic carbocycles. The third kappa shape index (κ3) is 5.63. The molecule has 0 atom stereocenters. The predicted molar refractivity (Wildman–Crippen MR) is 114 cm³/mol. The molecule has 0 radical (unpaired) electrons. The van der Waals surface area contributed by atoms with Crippen LogP contribution in [-0.4, -0.2) is 26.0 Å². The molecule has 3 rings (SSSR count). The molecule has 1 aromatic carbocycles. The summed E-state index contributed by atoms with van der Waals surface area (Å²) in [6, 6.07) is 13.0. The number of carbonyl (C=O) groups is 1. The standard InChI is InChI=1S/C20H21N3O4S2/c1-14-20(22-15(2)24)18(27-23-14)10-8-17-9-11-19(28-17)29(25,26)21-13-12-16-6-4-3-5-7-16/h3-11,21H,12-13H2,1-2H3,(H,22,24)/b10-8+. The fourth-order valence-electron chi connectivity index (χ4n) is 2.60. The van der Waals surface area contributed by atoms with Gasteiger partial charge >= 0.3 is 0 Å². The summed E-state index contributed by atoms with van der Waals surface area (Å²) in [4.78, 5) is 12.0. The summed E-state index contributed by atoms with van der Waals surface area (Å²) in [5, 5.41) is 6.52. The maximum absolute atomic E-state index is 12.5. The minimum atomic E-state index is -3.57. The first-order chi connectivity index (χ1) is 13.8. The number of benzene rings is 1. The molecule has 0 aliphatic heterocycles. The lowest BCUT2D eigenvalue weighted by Gasteiger charge is -2.04. The molecule has 9 heteroatoms. The Kier molecular flexibility index (Phi) is 6.63. The first-order valence-electron chi connectivity index (χ1n) is 8.90. The number of anilines is 1. The van der Waals surface area contributed by atoms with Crippen LogP contribution in [0.25, 0.3) is 12.2 Å². The van der Waals surface area contributed by atoms with Crippen LogP contribution < -0.4 is 10.0 Å². The Morgan fingerprint density at radius 3 is 2.66 bits per heavy atom. The second kappa shape index (κ2) is 9.17. The highest BCUT2D eigenvalue weighted by Gasteiger charge is 2.16. The molecule has 1 amide bonds. The molecule has 152 valence electrons. The van der Waals surface area contributed by atoms with Crippen LogP contribution in [0.3, 0.4) is 0 Å². The first kappa shape index (κ1) is 21.0. The summed E-state index contributed by atoms with van der Waals surface area (Å²) in [5.41, 5.74) is 2.14. The highest BCUT2D eigenvalue weighted by Crippen LogP contribution is 2.26. The zero-order chi connectivity index (χ0) is 20.9. The van der Waals surface area contributed by atoms with Crippen molar-refractivity contribution in [2.75, 3.05) is 11.9 Å². The maximum Gasteiger partial charge on any atom is 0.250 e. The lowest BCUT2D eigenvalue weighted by Crippen LogP contribution is -2.25. The van der Waals surface area contributed by atoms with E-state index < -0.39 is 10.0 Å². The van der Waals surface area contributed by atoms with Gasteiger partial charge < -0.3 is 9.84 Å². The molecule has 2 heterocycles. The van der Waals surface area contributed by atoms with Crippen LogP contribution in [0, 0.1) is 6.92 Å². The molecule has 0 saturated heterocycles. The number of amides is 1. The fourth-order valence-corrected chi connectivity index (χ4v) is 4.91. The summed E-state index contributed by atoms with van der Waals surface area (Å²) in [7, 11) is -3.57. The van der Waals surface area contributed by atoms with Crippen LogP contribution in [-0.2, 0) is 21.2 Å². The summed E-state index contributed by atoms with van der Waals surface area (Å²) in [6.45, 7) is 3.46. The van der Waals surface area contributed by atoms with Gasteiger partial charge in [-0.15, -0.1) is 11.3 Å². The Bertz CT molecular complexity index is 1120. The summed E-state index contributed by atoms with van der Waals surface area (Å²) in [6.07, 6.45) is 3.99. The average molecular weight is 432 g/mol. The van der Waals surface area contributed by atoms with E-state index in [9.17, 15) is 13.2 Å². The number of aromatic nitrogens is 1. The fraction of sp³-hybridized carbons (Fsp3) is 0.200. The highest BCUT2D eigenvalue weighted by molar-refractivity contribution is 7.91. The molecule has 2 N–H and O–H groups in total. The van der Waals surface area contributed by atoms with Gasteiger partial charge in [0, 0.05) is 18.3 Å². The maximum atomic E-state index is 12.5. The third-order valence-electron chi connectivity index (χ3n) is 4.00. The summed E-state index contributed by atoms with van der Waals surface area (Å²) >= 11 is 1.15.